The molecule has 5 heteroatoms. The third-order valence-corrected chi connectivity index (χ3v) is 11.5. The van der Waals surface area contributed by atoms with Gasteiger partial charge in [0.2, 0.25) is 0 Å². The van der Waals surface area contributed by atoms with Gasteiger partial charge in [0.25, 0.3) is 0 Å². The fourth-order valence-electron chi connectivity index (χ4n) is 3.69. The molecular formula is C27H48O4Si. The summed E-state index contributed by atoms with van der Waals surface area (Å²) in [5.74, 6) is 0.466. The Kier molecular flexibility index (Phi) is 11.8. The predicted octanol–water partition coefficient (Wildman–Crippen LogP) is 6.39. The molecule has 32 heavy (non-hydrogen) atoms. The maximum Gasteiger partial charge on any atom is 0.192 e. The fraction of sp³-hybridized carbons (Fsp3) is 0.704. The molecule has 0 radical (unpaired) electrons. The van der Waals surface area contributed by atoms with Gasteiger partial charge in [-0.15, -0.1) is 0 Å². The maximum absolute atomic E-state index is 11.1. The lowest BCUT2D eigenvalue weighted by Crippen LogP contribution is -2.46. The zero-order valence-corrected chi connectivity index (χ0v) is 22.8. The van der Waals surface area contributed by atoms with Crippen LogP contribution in [0.4, 0.5) is 0 Å². The van der Waals surface area contributed by atoms with Crippen molar-refractivity contribution >= 4 is 8.32 Å². The Morgan fingerprint density at radius 3 is 2.28 bits per heavy atom. The van der Waals surface area contributed by atoms with Crippen molar-refractivity contribution in [3.63, 3.8) is 0 Å². The summed E-state index contributed by atoms with van der Waals surface area (Å²) in [7, 11) is -2.00. The van der Waals surface area contributed by atoms with Crippen LogP contribution in [-0.2, 0) is 9.16 Å². The van der Waals surface area contributed by atoms with E-state index in [1.165, 1.54) is 0 Å². The number of ether oxygens (including phenoxy) is 1. The first-order chi connectivity index (χ1) is 14.8. The number of hydrogen-bond acceptors (Lipinski definition) is 4. The lowest BCUT2D eigenvalue weighted by Gasteiger charge is -2.41. The van der Waals surface area contributed by atoms with Crippen LogP contribution in [0.5, 0.6) is 0 Å². The second kappa shape index (κ2) is 13.0. The molecule has 0 aliphatic carbocycles. The van der Waals surface area contributed by atoms with E-state index in [4.69, 9.17) is 9.16 Å². The van der Waals surface area contributed by atoms with Gasteiger partial charge in [0.05, 0.1) is 18.3 Å². The zero-order valence-electron chi connectivity index (χ0n) is 21.8. The largest absolute Gasteiger partial charge is 0.410 e. The molecule has 0 aromatic heterocycles. The second-order valence-electron chi connectivity index (χ2n) is 10.9. The van der Waals surface area contributed by atoms with Crippen molar-refractivity contribution in [3.8, 4) is 0 Å². The van der Waals surface area contributed by atoms with Crippen molar-refractivity contribution < 1.29 is 19.4 Å². The molecule has 2 N–H and O–H groups in total. The Labute approximate surface area is 198 Å². The molecule has 184 valence electrons. The van der Waals surface area contributed by atoms with Crippen LogP contribution in [0.2, 0.25) is 18.1 Å². The highest BCUT2D eigenvalue weighted by Crippen LogP contribution is 2.39. The van der Waals surface area contributed by atoms with Gasteiger partial charge >= 0.3 is 0 Å². The first-order valence-electron chi connectivity index (χ1n) is 12.1. The van der Waals surface area contributed by atoms with Gasteiger partial charge in [-0.3, -0.25) is 0 Å². The molecule has 0 aromatic rings. The molecule has 0 bridgehead atoms. The molecule has 1 rings (SSSR count). The van der Waals surface area contributed by atoms with Crippen molar-refractivity contribution in [3.05, 3.63) is 48.6 Å². The summed E-state index contributed by atoms with van der Waals surface area (Å²) in [6, 6.07) is 0. The van der Waals surface area contributed by atoms with Crippen molar-refractivity contribution in [2.45, 2.75) is 104 Å². The van der Waals surface area contributed by atoms with Gasteiger partial charge in [0, 0.05) is 11.8 Å². The lowest BCUT2D eigenvalue weighted by atomic mass is 9.85. The molecule has 1 unspecified atom stereocenters. The Morgan fingerprint density at radius 2 is 1.69 bits per heavy atom. The van der Waals surface area contributed by atoms with E-state index in [0.29, 0.717) is 6.42 Å². The summed E-state index contributed by atoms with van der Waals surface area (Å²) in [5, 5.41) is 21.0. The highest BCUT2D eigenvalue weighted by molar-refractivity contribution is 6.74. The summed E-state index contributed by atoms with van der Waals surface area (Å²) < 4.78 is 12.5. The van der Waals surface area contributed by atoms with Gasteiger partial charge < -0.3 is 19.4 Å². The van der Waals surface area contributed by atoms with Gasteiger partial charge in [0.15, 0.2) is 14.6 Å². The Hall–Kier alpha value is -0.983. The Bertz CT molecular complexity index is 659. The highest BCUT2D eigenvalue weighted by Gasteiger charge is 2.40. The van der Waals surface area contributed by atoms with Crippen LogP contribution in [0, 0.1) is 17.8 Å². The summed E-state index contributed by atoms with van der Waals surface area (Å²) >= 11 is 0. The van der Waals surface area contributed by atoms with E-state index in [2.05, 4.69) is 60.7 Å². The molecule has 0 spiro atoms. The minimum atomic E-state index is -2.00. The van der Waals surface area contributed by atoms with Crippen LogP contribution in [0.25, 0.3) is 0 Å². The van der Waals surface area contributed by atoms with Crippen molar-refractivity contribution in [1.82, 2.24) is 0 Å². The van der Waals surface area contributed by atoms with Gasteiger partial charge in [-0.1, -0.05) is 84.1 Å². The highest BCUT2D eigenvalue weighted by atomic mass is 28.4. The average molecular weight is 465 g/mol. The van der Waals surface area contributed by atoms with Gasteiger partial charge in [-0.25, -0.2) is 0 Å². The molecule has 0 amide bonds. The van der Waals surface area contributed by atoms with Crippen LogP contribution < -0.4 is 0 Å². The molecule has 1 heterocycles. The maximum atomic E-state index is 11.1. The van der Waals surface area contributed by atoms with Crippen LogP contribution in [0.3, 0.4) is 0 Å². The number of rotatable bonds is 11. The van der Waals surface area contributed by atoms with E-state index in [9.17, 15) is 10.2 Å². The Morgan fingerprint density at radius 1 is 1.06 bits per heavy atom. The van der Waals surface area contributed by atoms with Gasteiger partial charge in [0.1, 0.15) is 0 Å². The minimum Gasteiger partial charge on any atom is -0.410 e. The molecular weight excluding hydrogens is 416 g/mol. The normalized spacial score (nSPS) is 26.8. The van der Waals surface area contributed by atoms with Crippen LogP contribution in [0.1, 0.15) is 61.3 Å². The summed E-state index contributed by atoms with van der Waals surface area (Å²) in [6.45, 7) is 19.6. The van der Waals surface area contributed by atoms with E-state index < -0.39 is 20.7 Å². The van der Waals surface area contributed by atoms with Crippen molar-refractivity contribution in [2.24, 2.45) is 17.8 Å². The predicted molar refractivity (Wildman–Crippen MR) is 138 cm³/mol. The summed E-state index contributed by atoms with van der Waals surface area (Å²) in [5.41, 5.74) is 0. The molecule has 0 fully saturated rings. The van der Waals surface area contributed by atoms with Gasteiger partial charge in [-0.05, 0) is 49.9 Å². The quantitative estimate of drug-likeness (QED) is 0.211. The number of aliphatic hydroxyl groups is 2. The van der Waals surface area contributed by atoms with Crippen LogP contribution in [0.15, 0.2) is 48.6 Å². The molecule has 4 nitrogen and oxygen atoms in total. The number of aliphatic hydroxyl groups excluding tert-OH is 2. The van der Waals surface area contributed by atoms with E-state index >= 15 is 0 Å². The third kappa shape index (κ3) is 9.10. The molecule has 1 aliphatic heterocycles. The Balaban J connectivity index is 2.85. The van der Waals surface area contributed by atoms with Crippen LogP contribution in [-0.4, -0.2) is 43.1 Å². The second-order valence-corrected chi connectivity index (χ2v) is 15.6. The molecule has 0 saturated heterocycles. The number of hydrogen-bond donors (Lipinski definition) is 2. The van der Waals surface area contributed by atoms with Crippen LogP contribution >= 0.6 is 0 Å². The first-order valence-corrected chi connectivity index (χ1v) is 15.0. The SMILES string of the molecule is C/C=C/C=C\C=C/[C@H](O[Si](C)(C)C(C)(C)C)[C@H](C)[C@@H](O)CC[C@H](C)[C@@H]1OC(O)C=C[C@@H]1C. The number of allylic oxidation sites excluding steroid dienone is 5. The molecule has 1 aliphatic rings. The molecule has 0 saturated carbocycles. The topological polar surface area (TPSA) is 58.9 Å². The monoisotopic (exact) mass is 464 g/mol. The lowest BCUT2D eigenvalue weighted by molar-refractivity contribution is -0.142. The summed E-state index contributed by atoms with van der Waals surface area (Å²) in [4.78, 5) is 0. The standard InChI is InChI=1S/C27H48O4Si/c1-10-11-12-13-14-15-24(31-32(8,9)27(5,6)7)22(4)23(28)18-16-20(2)26-21(3)17-19-25(29)30-26/h10-15,17,19-26,28-29H,16,18H2,1-9H3/b11-10+,13-12-,15-14-/t20-,21-,22+,23-,24-,25?,26-/m0/s1. The van der Waals surface area contributed by atoms with E-state index in [0.717, 1.165) is 6.42 Å². The average Bonchev–Trinajstić information content (AvgIpc) is 2.70. The third-order valence-electron chi connectivity index (χ3n) is 7.06. The fourth-order valence-corrected chi connectivity index (χ4v) is 5.02. The van der Waals surface area contributed by atoms with Crippen molar-refractivity contribution in [2.75, 3.05) is 0 Å². The smallest absolute Gasteiger partial charge is 0.192 e. The van der Waals surface area contributed by atoms with Crippen molar-refractivity contribution in [1.29, 1.82) is 0 Å². The van der Waals surface area contributed by atoms with E-state index in [-0.39, 0.29) is 35.0 Å². The zero-order chi connectivity index (χ0) is 24.5. The van der Waals surface area contributed by atoms with E-state index in [1.54, 1.807) is 6.08 Å². The van der Waals surface area contributed by atoms with Gasteiger partial charge in [-0.2, -0.15) is 0 Å². The molecule has 7 atom stereocenters. The summed E-state index contributed by atoms with van der Waals surface area (Å²) in [6.07, 6.45) is 15.8. The first kappa shape index (κ1) is 29.0. The van der Waals surface area contributed by atoms with E-state index in [1.807, 2.05) is 43.4 Å². The molecule has 0 aromatic carbocycles. The minimum absolute atomic E-state index is 0.0297.